The van der Waals surface area contributed by atoms with Gasteiger partial charge in [0.1, 0.15) is 16.7 Å². The third-order valence-corrected chi connectivity index (χ3v) is 5.09. The number of ether oxygens (including phenoxy) is 2. The van der Waals surface area contributed by atoms with Crippen molar-refractivity contribution in [2.75, 3.05) is 27.4 Å². The van der Waals surface area contributed by atoms with Gasteiger partial charge in [0.2, 0.25) is 5.91 Å². The molecule has 0 bridgehead atoms. The molecule has 0 saturated carbocycles. The molecular weight excluding hydrogens is 434 g/mol. The van der Waals surface area contributed by atoms with Gasteiger partial charge in [-0.1, -0.05) is 0 Å². The quantitative estimate of drug-likeness (QED) is 0.476. The molecule has 0 aromatic carbocycles. The maximum atomic E-state index is 13.2. The minimum atomic E-state index is -1.34. The lowest BCUT2D eigenvalue weighted by atomic mass is 10.2. The van der Waals surface area contributed by atoms with E-state index in [0.717, 1.165) is 16.2 Å². The van der Waals surface area contributed by atoms with Gasteiger partial charge >= 0.3 is 11.8 Å². The zero-order valence-corrected chi connectivity index (χ0v) is 18.2. The van der Waals surface area contributed by atoms with E-state index in [2.05, 4.69) is 10.3 Å². The summed E-state index contributed by atoms with van der Waals surface area (Å²) in [6, 6.07) is -2.59. The van der Waals surface area contributed by atoms with E-state index >= 15 is 0 Å². The highest BCUT2D eigenvalue weighted by Gasteiger charge is 2.35. The topological polar surface area (TPSA) is 161 Å². The largest absolute Gasteiger partial charge is 0.519 e. The van der Waals surface area contributed by atoms with Crippen molar-refractivity contribution in [1.29, 1.82) is 0 Å². The number of nitrogens with one attached hydrogen (secondary N) is 1. The number of hydrogen-bond acceptors (Lipinski definition) is 10. The van der Waals surface area contributed by atoms with Crippen molar-refractivity contribution in [3.05, 3.63) is 38.2 Å². The number of aliphatic carboxylic acids is 1. The van der Waals surface area contributed by atoms with E-state index < -0.39 is 35.7 Å². The summed E-state index contributed by atoms with van der Waals surface area (Å²) in [7, 11) is 2.62. The minimum Gasteiger partial charge on any atom is -0.480 e. The molecule has 31 heavy (non-hydrogen) atoms. The molecule has 0 spiro atoms. The van der Waals surface area contributed by atoms with E-state index in [9.17, 15) is 24.3 Å². The molecule has 13 heteroatoms. The van der Waals surface area contributed by atoms with Crippen LogP contribution in [0.2, 0.25) is 0 Å². The van der Waals surface area contributed by atoms with E-state index in [4.69, 9.17) is 18.3 Å². The van der Waals surface area contributed by atoms with Crippen LogP contribution in [-0.2, 0) is 25.6 Å². The molecule has 0 radical (unpaired) electrons. The molecule has 2 heterocycles. The Bertz CT molecular complexity index is 980. The SMILES string of the molecule is COCC(NC(=O)C(COC)N(Cc1oc(=O)oc1C)C(=O)c1cnc(C)s1)C(=O)O. The lowest BCUT2D eigenvalue weighted by molar-refractivity contribution is -0.144. The van der Waals surface area contributed by atoms with Crippen LogP contribution in [0.25, 0.3) is 0 Å². The molecular formula is C18H23N3O9S. The smallest absolute Gasteiger partial charge is 0.480 e. The molecule has 0 aliphatic carbocycles. The molecule has 2 N–H and O–H groups in total. The zero-order chi connectivity index (χ0) is 23.1. The third-order valence-electron chi connectivity index (χ3n) is 4.19. The first-order valence-corrected chi connectivity index (χ1v) is 9.83. The molecule has 0 fully saturated rings. The first kappa shape index (κ1) is 24.2. The second kappa shape index (κ2) is 10.8. The summed E-state index contributed by atoms with van der Waals surface area (Å²) in [4.78, 5) is 54.4. The van der Waals surface area contributed by atoms with Gasteiger partial charge in [0.15, 0.2) is 11.8 Å². The lowest BCUT2D eigenvalue weighted by Gasteiger charge is -2.30. The predicted molar refractivity (Wildman–Crippen MR) is 106 cm³/mol. The van der Waals surface area contributed by atoms with Crippen molar-refractivity contribution in [3.63, 3.8) is 0 Å². The Morgan fingerprint density at radius 3 is 2.39 bits per heavy atom. The number of thiazole rings is 1. The number of carboxylic acids is 1. The van der Waals surface area contributed by atoms with E-state index in [-0.39, 0.29) is 36.2 Å². The predicted octanol–water partition coefficient (Wildman–Crippen LogP) is 0.179. The third kappa shape index (κ3) is 6.23. The van der Waals surface area contributed by atoms with Gasteiger partial charge in [-0.05, 0) is 13.8 Å². The molecule has 0 aliphatic rings. The second-order valence-corrected chi connectivity index (χ2v) is 7.67. The van der Waals surface area contributed by atoms with Gasteiger partial charge in [-0.3, -0.25) is 9.59 Å². The van der Waals surface area contributed by atoms with Crippen molar-refractivity contribution < 1.29 is 37.8 Å². The summed E-state index contributed by atoms with van der Waals surface area (Å²) in [5.41, 5.74) is 0. The van der Waals surface area contributed by atoms with Crippen molar-refractivity contribution in [1.82, 2.24) is 15.2 Å². The maximum absolute atomic E-state index is 13.2. The molecule has 2 rings (SSSR count). The average Bonchev–Trinajstić information content (AvgIpc) is 3.28. The average molecular weight is 457 g/mol. The van der Waals surface area contributed by atoms with Crippen LogP contribution in [0.1, 0.15) is 26.2 Å². The normalized spacial score (nSPS) is 12.9. The highest BCUT2D eigenvalue weighted by atomic mass is 32.1. The number of aryl methyl sites for hydroxylation is 2. The highest BCUT2D eigenvalue weighted by Crippen LogP contribution is 2.20. The van der Waals surface area contributed by atoms with Crippen LogP contribution in [0.15, 0.2) is 19.8 Å². The highest BCUT2D eigenvalue weighted by molar-refractivity contribution is 7.13. The van der Waals surface area contributed by atoms with Crippen LogP contribution < -0.4 is 11.1 Å². The molecule has 12 nitrogen and oxygen atoms in total. The fourth-order valence-corrected chi connectivity index (χ4v) is 3.41. The van der Waals surface area contributed by atoms with Crippen LogP contribution in [-0.4, -0.2) is 72.3 Å². The standard InChI is InChI=1S/C18H23N3O9S/c1-9-13(30-18(26)29-9)6-21(16(23)14-5-19-10(2)31-14)12(8-28-4)15(22)20-11(7-27-3)17(24)25/h5,11-12H,6-8H2,1-4H3,(H,20,22)(H,24,25). The van der Waals surface area contributed by atoms with Crippen molar-refractivity contribution in [3.8, 4) is 0 Å². The molecule has 2 unspecified atom stereocenters. The second-order valence-electron chi connectivity index (χ2n) is 6.44. The number of nitrogens with zero attached hydrogens (tertiary/aromatic N) is 2. The molecule has 170 valence electrons. The maximum Gasteiger partial charge on any atom is 0.519 e. The molecule has 2 amide bonds. The van der Waals surface area contributed by atoms with E-state index in [1.165, 1.54) is 27.3 Å². The number of carboxylic acid groups (broad SMARTS) is 1. The van der Waals surface area contributed by atoms with E-state index in [1.807, 2.05) is 0 Å². The Kier molecular flexibility index (Phi) is 8.47. The Hall–Kier alpha value is -3.03. The van der Waals surface area contributed by atoms with Gasteiger partial charge < -0.3 is 33.6 Å². The number of amides is 2. The van der Waals surface area contributed by atoms with Crippen LogP contribution >= 0.6 is 11.3 Å². The lowest BCUT2D eigenvalue weighted by Crippen LogP contribution is -2.55. The Morgan fingerprint density at radius 1 is 1.23 bits per heavy atom. The van der Waals surface area contributed by atoms with Crippen LogP contribution in [0.4, 0.5) is 0 Å². The Balaban J connectivity index is 2.41. The van der Waals surface area contributed by atoms with Crippen LogP contribution in [0.5, 0.6) is 0 Å². The number of carbonyl (C=O) groups excluding carboxylic acids is 2. The molecule has 2 aromatic rings. The molecule has 0 aliphatic heterocycles. The van der Waals surface area contributed by atoms with Crippen LogP contribution in [0, 0.1) is 13.8 Å². The fraction of sp³-hybridized carbons (Fsp3) is 0.500. The number of methoxy groups -OCH3 is 2. The first-order valence-electron chi connectivity index (χ1n) is 9.01. The number of rotatable bonds is 11. The van der Waals surface area contributed by atoms with E-state index in [1.54, 1.807) is 6.92 Å². The fourth-order valence-electron chi connectivity index (χ4n) is 2.67. The molecule has 0 saturated heterocycles. The van der Waals surface area contributed by atoms with Gasteiger partial charge in [-0.25, -0.2) is 14.6 Å². The van der Waals surface area contributed by atoms with Crippen molar-refractivity contribution in [2.24, 2.45) is 0 Å². The summed E-state index contributed by atoms with van der Waals surface area (Å²) < 4.78 is 19.8. The zero-order valence-electron chi connectivity index (χ0n) is 17.4. The summed E-state index contributed by atoms with van der Waals surface area (Å²) in [6.07, 6.45) is 1.36. The van der Waals surface area contributed by atoms with Gasteiger partial charge in [0.25, 0.3) is 5.91 Å². The van der Waals surface area contributed by atoms with Gasteiger partial charge in [-0.15, -0.1) is 11.3 Å². The summed E-state index contributed by atoms with van der Waals surface area (Å²) in [6.45, 7) is 2.36. The molecule has 2 aromatic heterocycles. The minimum absolute atomic E-state index is 0.0418. The first-order chi connectivity index (χ1) is 14.7. The number of hydrogen-bond donors (Lipinski definition) is 2. The van der Waals surface area contributed by atoms with Gasteiger partial charge in [0.05, 0.1) is 31.0 Å². The summed E-state index contributed by atoms with van der Waals surface area (Å²) in [5.74, 6) is -3.44. The monoisotopic (exact) mass is 457 g/mol. The number of carbonyl (C=O) groups is 3. The summed E-state index contributed by atoms with van der Waals surface area (Å²) in [5, 5.41) is 12.3. The Labute approximate surface area is 180 Å². The van der Waals surface area contributed by atoms with E-state index in [0.29, 0.717) is 5.01 Å². The number of aromatic nitrogens is 1. The van der Waals surface area contributed by atoms with Gasteiger partial charge in [0, 0.05) is 14.2 Å². The van der Waals surface area contributed by atoms with Crippen LogP contribution in [0.3, 0.4) is 0 Å². The van der Waals surface area contributed by atoms with Gasteiger partial charge in [-0.2, -0.15) is 0 Å². The van der Waals surface area contributed by atoms with Crippen molar-refractivity contribution >= 4 is 29.1 Å². The molecule has 2 atom stereocenters. The summed E-state index contributed by atoms with van der Waals surface area (Å²) >= 11 is 1.11. The Morgan fingerprint density at radius 2 is 1.90 bits per heavy atom. The van der Waals surface area contributed by atoms with Crippen molar-refractivity contribution in [2.45, 2.75) is 32.5 Å².